The molecule has 7 nitrogen and oxygen atoms in total. The van der Waals surface area contributed by atoms with E-state index < -0.39 is 5.82 Å². The highest BCUT2D eigenvalue weighted by molar-refractivity contribution is 7.19. The molecule has 1 aliphatic rings. The van der Waals surface area contributed by atoms with Gasteiger partial charge in [-0.1, -0.05) is 0 Å². The molecule has 1 unspecified atom stereocenters. The van der Waals surface area contributed by atoms with E-state index in [0.29, 0.717) is 42.8 Å². The van der Waals surface area contributed by atoms with Crippen molar-refractivity contribution in [2.45, 2.75) is 19.9 Å². The Morgan fingerprint density at radius 1 is 1.39 bits per heavy atom. The molecule has 1 fully saturated rings. The normalized spacial score (nSPS) is 15.5. The quantitative estimate of drug-likeness (QED) is 0.684. The number of pyridine rings is 1. The molecule has 9 heteroatoms. The number of thiophene rings is 1. The maximum atomic E-state index is 13.5. The average molecular weight is 400 g/mol. The molecule has 1 saturated heterocycles. The van der Waals surface area contributed by atoms with Gasteiger partial charge in [0.1, 0.15) is 5.82 Å². The minimum Gasteiger partial charge on any atom is -0.348 e. The third-order valence-electron chi connectivity index (χ3n) is 4.85. The van der Waals surface area contributed by atoms with Crippen molar-refractivity contribution in [1.29, 1.82) is 0 Å². The lowest BCUT2D eigenvalue weighted by molar-refractivity contribution is 0.0512. The van der Waals surface area contributed by atoms with Gasteiger partial charge in [-0.3, -0.25) is 9.78 Å². The molecule has 0 aliphatic carbocycles. The molecule has 0 spiro atoms. The van der Waals surface area contributed by atoms with E-state index in [0.717, 1.165) is 21.3 Å². The number of rotatable bonds is 5. The molecular weight excluding hydrogens is 379 g/mol. The number of nitrogens with two attached hydrogens (primary N) is 1. The Balaban J connectivity index is 1.65. The molecule has 146 valence electrons. The van der Waals surface area contributed by atoms with Crippen molar-refractivity contribution in [3.8, 4) is 0 Å². The van der Waals surface area contributed by atoms with E-state index in [1.165, 1.54) is 17.4 Å². The van der Waals surface area contributed by atoms with E-state index in [1.807, 2.05) is 19.9 Å². The van der Waals surface area contributed by atoms with Gasteiger partial charge in [-0.25, -0.2) is 14.4 Å². The van der Waals surface area contributed by atoms with Crippen LogP contribution in [-0.2, 0) is 0 Å². The average Bonchev–Trinajstić information content (AvgIpc) is 3.00. The zero-order valence-corrected chi connectivity index (χ0v) is 16.5. The highest BCUT2D eigenvalue weighted by Crippen LogP contribution is 2.30. The second-order valence-corrected chi connectivity index (χ2v) is 8.34. The number of nitrogens with zero attached hydrogens (tertiary/aromatic N) is 4. The number of hydrogen-bond acceptors (Lipinski definition) is 7. The molecular formula is C19H21FN6OS. The van der Waals surface area contributed by atoms with Crippen LogP contribution in [0.5, 0.6) is 0 Å². The van der Waals surface area contributed by atoms with Crippen molar-refractivity contribution >= 4 is 33.4 Å². The van der Waals surface area contributed by atoms with Crippen LogP contribution in [0.4, 0.5) is 10.3 Å². The number of aryl methyl sites for hydroxylation is 1. The number of halogens is 1. The predicted molar refractivity (Wildman–Crippen MR) is 107 cm³/mol. The third-order valence-corrected chi connectivity index (χ3v) is 5.89. The highest BCUT2D eigenvalue weighted by atomic mass is 32.1. The van der Waals surface area contributed by atoms with Crippen molar-refractivity contribution in [3.63, 3.8) is 0 Å². The van der Waals surface area contributed by atoms with Gasteiger partial charge in [-0.2, -0.15) is 0 Å². The number of carbonyl (C=O) groups is 1. The summed E-state index contributed by atoms with van der Waals surface area (Å²) in [6.07, 6.45) is 2.75. The fraction of sp³-hybridized carbons (Fsp3) is 0.368. The van der Waals surface area contributed by atoms with Gasteiger partial charge in [-0.15, -0.1) is 11.3 Å². The SMILES string of the molecule is Cc1cc2nc(NC(C)c3cncc(F)c3)nc(C(=O)N3CC(CN)C3)c2s1. The number of carbonyl (C=O) groups excluding carboxylic acids is 1. The van der Waals surface area contributed by atoms with Gasteiger partial charge in [0.25, 0.3) is 5.91 Å². The van der Waals surface area contributed by atoms with Crippen LogP contribution in [0.1, 0.15) is 33.9 Å². The number of aromatic nitrogens is 3. The molecule has 3 N–H and O–H groups in total. The van der Waals surface area contributed by atoms with E-state index >= 15 is 0 Å². The summed E-state index contributed by atoms with van der Waals surface area (Å²) in [7, 11) is 0. The third kappa shape index (κ3) is 3.55. The van der Waals surface area contributed by atoms with Gasteiger partial charge in [0.15, 0.2) is 5.69 Å². The Morgan fingerprint density at radius 3 is 2.89 bits per heavy atom. The van der Waals surface area contributed by atoms with Gasteiger partial charge in [0.05, 0.1) is 22.5 Å². The first kappa shape index (κ1) is 18.7. The van der Waals surface area contributed by atoms with Crippen molar-refractivity contribution in [3.05, 3.63) is 46.5 Å². The molecule has 0 saturated carbocycles. The smallest absolute Gasteiger partial charge is 0.274 e. The van der Waals surface area contributed by atoms with Crippen LogP contribution in [0.25, 0.3) is 10.2 Å². The molecule has 1 aliphatic heterocycles. The van der Waals surface area contributed by atoms with Crippen LogP contribution in [0.15, 0.2) is 24.5 Å². The van der Waals surface area contributed by atoms with Crippen LogP contribution in [0.2, 0.25) is 0 Å². The van der Waals surface area contributed by atoms with Gasteiger partial charge >= 0.3 is 0 Å². The van der Waals surface area contributed by atoms with Gasteiger partial charge in [-0.05, 0) is 38.1 Å². The number of fused-ring (bicyclic) bond motifs is 1. The summed E-state index contributed by atoms with van der Waals surface area (Å²) in [6.45, 7) is 5.72. The molecule has 4 heterocycles. The maximum Gasteiger partial charge on any atom is 0.274 e. The summed E-state index contributed by atoms with van der Waals surface area (Å²) >= 11 is 1.51. The largest absolute Gasteiger partial charge is 0.348 e. The van der Waals surface area contributed by atoms with Crippen LogP contribution < -0.4 is 11.1 Å². The minimum atomic E-state index is -0.404. The van der Waals surface area contributed by atoms with E-state index in [-0.39, 0.29) is 11.9 Å². The zero-order chi connectivity index (χ0) is 19.8. The molecule has 3 aromatic heterocycles. The Morgan fingerprint density at radius 2 is 2.18 bits per heavy atom. The van der Waals surface area contributed by atoms with Gasteiger partial charge in [0.2, 0.25) is 5.95 Å². The lowest BCUT2D eigenvalue weighted by atomic mass is 10.00. The molecule has 28 heavy (non-hydrogen) atoms. The summed E-state index contributed by atoms with van der Waals surface area (Å²) in [5, 5.41) is 3.16. The zero-order valence-electron chi connectivity index (χ0n) is 15.6. The van der Waals surface area contributed by atoms with Crippen LogP contribution in [0, 0.1) is 18.7 Å². The van der Waals surface area contributed by atoms with E-state index in [9.17, 15) is 9.18 Å². The van der Waals surface area contributed by atoms with Crippen molar-refractivity contribution in [1.82, 2.24) is 19.9 Å². The fourth-order valence-electron chi connectivity index (χ4n) is 3.24. The first-order valence-electron chi connectivity index (χ1n) is 9.09. The number of likely N-dealkylation sites (tertiary alicyclic amines) is 1. The van der Waals surface area contributed by atoms with Crippen LogP contribution in [-0.4, -0.2) is 45.4 Å². The van der Waals surface area contributed by atoms with Crippen molar-refractivity contribution in [2.75, 3.05) is 25.0 Å². The van der Waals surface area contributed by atoms with Crippen molar-refractivity contribution in [2.24, 2.45) is 11.7 Å². The fourth-order valence-corrected chi connectivity index (χ4v) is 4.17. The standard InChI is InChI=1S/C19H21FN6OS/c1-10-3-15-17(28-10)16(18(27)26-8-12(5-21)9-26)25-19(24-15)23-11(2)13-4-14(20)7-22-6-13/h3-4,6-7,11-12H,5,8-9,21H2,1-2H3,(H,23,24,25). The molecule has 3 aromatic rings. The lowest BCUT2D eigenvalue weighted by Crippen LogP contribution is -2.52. The Kier molecular flexibility index (Phi) is 4.94. The minimum absolute atomic E-state index is 0.109. The summed E-state index contributed by atoms with van der Waals surface area (Å²) < 4.78 is 14.2. The topological polar surface area (TPSA) is 97.0 Å². The van der Waals surface area contributed by atoms with Gasteiger partial charge in [0, 0.05) is 30.1 Å². The summed E-state index contributed by atoms with van der Waals surface area (Å²) in [5.74, 6) is 0.173. The van der Waals surface area contributed by atoms with E-state index in [1.54, 1.807) is 11.1 Å². The summed E-state index contributed by atoms with van der Waals surface area (Å²) in [6, 6.07) is 3.09. The van der Waals surface area contributed by atoms with Gasteiger partial charge < -0.3 is 16.0 Å². The Bertz CT molecular complexity index is 1030. The summed E-state index contributed by atoms with van der Waals surface area (Å²) in [5.41, 5.74) is 7.46. The maximum absolute atomic E-state index is 13.5. The Labute approximate surface area is 165 Å². The monoisotopic (exact) mass is 400 g/mol. The second-order valence-electron chi connectivity index (χ2n) is 7.08. The first-order valence-corrected chi connectivity index (χ1v) is 9.90. The van der Waals surface area contributed by atoms with E-state index in [4.69, 9.17) is 5.73 Å². The highest BCUT2D eigenvalue weighted by Gasteiger charge is 2.32. The van der Waals surface area contributed by atoms with Crippen LogP contribution in [0.3, 0.4) is 0 Å². The molecule has 0 aromatic carbocycles. The molecule has 4 rings (SSSR count). The Hall–Kier alpha value is -2.65. The predicted octanol–water partition coefficient (Wildman–Crippen LogP) is 2.74. The number of amides is 1. The number of hydrogen-bond donors (Lipinski definition) is 2. The molecule has 0 bridgehead atoms. The number of nitrogens with one attached hydrogen (secondary N) is 1. The molecule has 1 amide bonds. The molecule has 1 atom stereocenters. The van der Waals surface area contributed by atoms with Crippen LogP contribution >= 0.6 is 11.3 Å². The van der Waals surface area contributed by atoms with E-state index in [2.05, 4.69) is 20.3 Å². The molecule has 0 radical (unpaired) electrons. The number of anilines is 1. The second kappa shape index (κ2) is 7.40. The lowest BCUT2D eigenvalue weighted by Gasteiger charge is -2.38. The first-order chi connectivity index (χ1) is 13.4. The summed E-state index contributed by atoms with van der Waals surface area (Å²) in [4.78, 5) is 28.7. The van der Waals surface area contributed by atoms with Crippen molar-refractivity contribution < 1.29 is 9.18 Å².